The number of nitrogens with one attached hydrogen (secondary N) is 1. The molecule has 1 aliphatic rings. The molecule has 2 aromatic heterocycles. The van der Waals surface area contributed by atoms with Gasteiger partial charge in [-0.15, -0.1) is 0 Å². The first-order valence-corrected chi connectivity index (χ1v) is 10.4. The lowest BCUT2D eigenvalue weighted by molar-refractivity contribution is -0.384. The van der Waals surface area contributed by atoms with Gasteiger partial charge in [-0.1, -0.05) is 0 Å². The number of carbonyl (C=O) groups excluding carboxylic acids is 2. The molecule has 0 spiro atoms. The minimum absolute atomic E-state index is 0.0458. The summed E-state index contributed by atoms with van der Waals surface area (Å²) in [5.41, 5.74) is 3.12. The molecular weight excluding hydrogens is 424 g/mol. The van der Waals surface area contributed by atoms with Gasteiger partial charge in [-0.2, -0.15) is 0 Å². The van der Waals surface area contributed by atoms with E-state index in [0.29, 0.717) is 28.6 Å². The predicted molar refractivity (Wildman–Crippen MR) is 124 cm³/mol. The summed E-state index contributed by atoms with van der Waals surface area (Å²) in [6, 6.07) is 10.1. The molecular formula is C24H20N4O5. The molecule has 0 bridgehead atoms. The van der Waals surface area contributed by atoms with Crippen LogP contribution in [0.4, 0.5) is 5.69 Å². The molecule has 0 unspecified atom stereocenters. The number of non-ortho nitro benzene ring substituents is 1. The lowest BCUT2D eigenvalue weighted by atomic mass is 9.95. The quantitative estimate of drug-likeness (QED) is 0.288. The molecule has 1 aliphatic heterocycles. The van der Waals surface area contributed by atoms with E-state index in [1.54, 1.807) is 23.9 Å². The van der Waals surface area contributed by atoms with Crippen LogP contribution in [0, 0.1) is 10.1 Å². The van der Waals surface area contributed by atoms with Gasteiger partial charge in [0.15, 0.2) is 0 Å². The second-order valence-corrected chi connectivity index (χ2v) is 7.91. The zero-order valence-corrected chi connectivity index (χ0v) is 18.2. The fraction of sp³-hybridized carbons (Fsp3) is 0.167. The summed E-state index contributed by atoms with van der Waals surface area (Å²) >= 11 is 0. The van der Waals surface area contributed by atoms with E-state index in [2.05, 4.69) is 5.32 Å². The fourth-order valence-electron chi connectivity index (χ4n) is 4.47. The van der Waals surface area contributed by atoms with Crippen LogP contribution in [-0.4, -0.2) is 32.5 Å². The Labute approximate surface area is 188 Å². The van der Waals surface area contributed by atoms with Gasteiger partial charge in [0, 0.05) is 66.6 Å². The maximum atomic E-state index is 13.0. The third-order valence-electron chi connectivity index (χ3n) is 5.93. The largest absolute Gasteiger partial charge is 0.494 e. The first kappa shape index (κ1) is 20.5. The van der Waals surface area contributed by atoms with Gasteiger partial charge in [-0.3, -0.25) is 25.0 Å². The number of fused-ring (bicyclic) bond motifs is 2. The second-order valence-electron chi connectivity index (χ2n) is 7.91. The van der Waals surface area contributed by atoms with Crippen LogP contribution in [0.25, 0.3) is 33.0 Å². The van der Waals surface area contributed by atoms with E-state index < -0.39 is 16.7 Å². The maximum Gasteiger partial charge on any atom is 0.271 e. The highest BCUT2D eigenvalue weighted by molar-refractivity contribution is 6.50. The fourth-order valence-corrected chi connectivity index (χ4v) is 4.47. The molecule has 0 atom stereocenters. The number of nitrogens with zero attached hydrogens (tertiary/aromatic N) is 3. The van der Waals surface area contributed by atoms with Crippen molar-refractivity contribution in [2.24, 2.45) is 14.1 Å². The molecule has 0 fully saturated rings. The average molecular weight is 444 g/mol. The van der Waals surface area contributed by atoms with E-state index in [9.17, 15) is 19.7 Å². The SMILES string of the molecule is CCOc1ccc2c(C3=C(c4cn(C)c5cc([N+](=O)[O-])ccc45)C(=O)NC3=O)cn(C)c2c1. The third kappa shape index (κ3) is 3.08. The number of amides is 2. The summed E-state index contributed by atoms with van der Waals surface area (Å²) in [4.78, 5) is 36.6. The average Bonchev–Trinajstić information content (AvgIpc) is 3.38. The monoisotopic (exact) mass is 444 g/mol. The van der Waals surface area contributed by atoms with Gasteiger partial charge in [-0.25, -0.2) is 0 Å². The van der Waals surface area contributed by atoms with Crippen molar-refractivity contribution in [3.63, 3.8) is 0 Å². The van der Waals surface area contributed by atoms with Crippen molar-refractivity contribution in [1.82, 2.24) is 14.5 Å². The number of aryl methyl sites for hydroxylation is 2. The van der Waals surface area contributed by atoms with E-state index in [-0.39, 0.29) is 16.8 Å². The molecule has 3 heterocycles. The Morgan fingerprint density at radius 3 is 2.00 bits per heavy atom. The summed E-state index contributed by atoms with van der Waals surface area (Å²) in [6.07, 6.45) is 3.55. The molecule has 4 aromatic rings. The van der Waals surface area contributed by atoms with Crippen LogP contribution in [0.2, 0.25) is 0 Å². The van der Waals surface area contributed by atoms with Crippen LogP contribution >= 0.6 is 0 Å². The van der Waals surface area contributed by atoms with E-state index in [1.807, 2.05) is 42.9 Å². The van der Waals surface area contributed by atoms with Gasteiger partial charge in [0.05, 0.1) is 33.7 Å². The smallest absolute Gasteiger partial charge is 0.271 e. The van der Waals surface area contributed by atoms with E-state index in [0.717, 1.165) is 16.7 Å². The van der Waals surface area contributed by atoms with Crippen molar-refractivity contribution in [1.29, 1.82) is 0 Å². The van der Waals surface area contributed by atoms with Crippen LogP contribution in [-0.2, 0) is 23.7 Å². The lowest BCUT2D eigenvalue weighted by Gasteiger charge is -2.05. The molecule has 0 saturated heterocycles. The summed E-state index contributed by atoms with van der Waals surface area (Å²) in [7, 11) is 3.62. The molecule has 0 saturated carbocycles. The second kappa shape index (κ2) is 7.33. The van der Waals surface area contributed by atoms with Crippen LogP contribution < -0.4 is 10.1 Å². The normalized spacial score (nSPS) is 13.9. The number of rotatable bonds is 5. The highest BCUT2D eigenvalue weighted by atomic mass is 16.6. The first-order valence-electron chi connectivity index (χ1n) is 10.4. The van der Waals surface area contributed by atoms with Gasteiger partial charge in [-0.05, 0) is 25.1 Å². The Bertz CT molecular complexity index is 1540. The molecule has 9 heteroatoms. The Hall–Kier alpha value is -4.40. The standard InChI is InChI=1S/C24H20N4O5/c1-4-33-14-6-8-16-18(12-27(3)20(16)10-14)22-21(23(29)25-24(22)30)17-11-26(2)19-9-13(28(31)32)5-7-15(17)19/h5-12H,4H2,1-3H3,(H,25,29,30). The molecule has 2 aromatic carbocycles. The van der Waals surface area contributed by atoms with Gasteiger partial charge in [0.25, 0.3) is 17.5 Å². The van der Waals surface area contributed by atoms with Gasteiger partial charge >= 0.3 is 0 Å². The van der Waals surface area contributed by atoms with Gasteiger partial charge in [0.1, 0.15) is 5.75 Å². The van der Waals surface area contributed by atoms with Gasteiger partial charge < -0.3 is 13.9 Å². The molecule has 2 amide bonds. The maximum absolute atomic E-state index is 13.0. The van der Waals surface area contributed by atoms with Crippen LogP contribution in [0.5, 0.6) is 5.75 Å². The highest BCUT2D eigenvalue weighted by Gasteiger charge is 2.35. The summed E-state index contributed by atoms with van der Waals surface area (Å²) in [6.45, 7) is 2.44. The summed E-state index contributed by atoms with van der Waals surface area (Å²) in [5, 5.41) is 15.1. The van der Waals surface area contributed by atoms with Gasteiger partial charge in [0.2, 0.25) is 0 Å². The zero-order valence-electron chi connectivity index (χ0n) is 18.2. The summed E-state index contributed by atoms with van der Waals surface area (Å²) < 4.78 is 9.21. The highest BCUT2D eigenvalue weighted by Crippen LogP contribution is 2.39. The van der Waals surface area contributed by atoms with Crippen molar-refractivity contribution >= 4 is 50.5 Å². The molecule has 0 aliphatic carbocycles. The minimum atomic E-state index is -0.496. The van der Waals surface area contributed by atoms with Crippen molar-refractivity contribution in [3.05, 3.63) is 70.0 Å². The topological polar surface area (TPSA) is 108 Å². The first-order chi connectivity index (χ1) is 15.8. The number of aromatic nitrogens is 2. The van der Waals surface area contributed by atoms with Crippen LogP contribution in [0.1, 0.15) is 18.1 Å². The Kier molecular flexibility index (Phi) is 4.56. The minimum Gasteiger partial charge on any atom is -0.494 e. The number of hydrogen-bond acceptors (Lipinski definition) is 5. The van der Waals surface area contributed by atoms with E-state index >= 15 is 0 Å². The summed E-state index contributed by atoms with van der Waals surface area (Å²) in [5.74, 6) is -0.256. The molecule has 9 nitrogen and oxygen atoms in total. The molecule has 166 valence electrons. The number of nitro benzene ring substituents is 1. The Morgan fingerprint density at radius 1 is 0.909 bits per heavy atom. The van der Waals surface area contributed by atoms with Crippen molar-refractivity contribution in [3.8, 4) is 5.75 Å². The number of nitro groups is 1. The zero-order chi connectivity index (χ0) is 23.4. The number of carbonyl (C=O) groups is 2. The van der Waals surface area contributed by atoms with Crippen molar-refractivity contribution in [2.75, 3.05) is 6.61 Å². The number of benzene rings is 2. The Morgan fingerprint density at radius 2 is 1.45 bits per heavy atom. The van der Waals surface area contributed by atoms with Crippen molar-refractivity contribution < 1.29 is 19.2 Å². The molecule has 0 radical (unpaired) electrons. The van der Waals surface area contributed by atoms with Crippen LogP contribution in [0.15, 0.2) is 48.8 Å². The molecule has 1 N–H and O–H groups in total. The number of hydrogen-bond donors (Lipinski definition) is 1. The van der Waals surface area contributed by atoms with E-state index in [1.165, 1.54) is 12.1 Å². The van der Waals surface area contributed by atoms with E-state index in [4.69, 9.17) is 4.74 Å². The van der Waals surface area contributed by atoms with Crippen LogP contribution in [0.3, 0.4) is 0 Å². The van der Waals surface area contributed by atoms with Crippen molar-refractivity contribution in [2.45, 2.75) is 6.92 Å². The number of ether oxygens (including phenoxy) is 1. The third-order valence-corrected chi connectivity index (χ3v) is 5.93. The number of imide groups is 1. The molecule has 5 rings (SSSR count). The molecule has 33 heavy (non-hydrogen) atoms. The lowest BCUT2D eigenvalue weighted by Crippen LogP contribution is -2.22. The predicted octanol–water partition coefficient (Wildman–Crippen LogP) is 3.54. The Balaban J connectivity index is 1.77.